The van der Waals surface area contributed by atoms with E-state index in [0.717, 1.165) is 6.42 Å². The lowest BCUT2D eigenvalue weighted by Crippen LogP contribution is -1.66. The van der Waals surface area contributed by atoms with Crippen molar-refractivity contribution in [3.8, 4) is 6.07 Å². The van der Waals surface area contributed by atoms with Crippen LogP contribution in [0.2, 0.25) is 0 Å². The van der Waals surface area contributed by atoms with Gasteiger partial charge in [-0.05, 0) is 12.5 Å². The molecule has 0 saturated carbocycles. The number of hydrogen-bond donors (Lipinski definition) is 0. The van der Waals surface area contributed by atoms with Crippen molar-refractivity contribution < 1.29 is 0 Å². The summed E-state index contributed by atoms with van der Waals surface area (Å²) in [7, 11) is 0. The summed E-state index contributed by atoms with van der Waals surface area (Å²) in [5, 5.41) is 7.82. The van der Waals surface area contributed by atoms with Crippen LogP contribution in [0.4, 0.5) is 0 Å². The molecule has 11 heavy (non-hydrogen) atoms. The normalized spacial score (nSPS) is 7.27. The molecule has 0 bridgehead atoms. The summed E-state index contributed by atoms with van der Waals surface area (Å²) in [4.78, 5) is 7.35. The minimum Gasteiger partial charge on any atom is -0.245 e. The second kappa shape index (κ2) is 8.57. The van der Waals surface area contributed by atoms with Crippen LogP contribution in [0.25, 0.3) is 0 Å². The molecule has 3 heteroatoms. The molecule has 0 aromatic carbocycles. The number of rotatable bonds is 1. The van der Waals surface area contributed by atoms with Gasteiger partial charge in [0.15, 0.2) is 0 Å². The Morgan fingerprint density at radius 1 is 1.36 bits per heavy atom. The van der Waals surface area contributed by atoms with Gasteiger partial charge in [0.25, 0.3) is 0 Å². The van der Waals surface area contributed by atoms with E-state index in [1.165, 1.54) is 6.33 Å². The third-order valence-corrected chi connectivity index (χ3v) is 0.839. The molecule has 58 valence electrons. The monoisotopic (exact) mass is 149 g/mol. The fourth-order valence-electron chi connectivity index (χ4n) is 0.365. The Kier molecular flexibility index (Phi) is 7.46. The second-order valence-electron chi connectivity index (χ2n) is 1.81. The van der Waals surface area contributed by atoms with Crippen LogP contribution >= 0.6 is 0 Å². The van der Waals surface area contributed by atoms with Crippen molar-refractivity contribution in [3.63, 3.8) is 0 Å². The van der Waals surface area contributed by atoms with Gasteiger partial charge in [0.05, 0.1) is 6.07 Å². The van der Waals surface area contributed by atoms with E-state index in [4.69, 9.17) is 5.26 Å². The van der Waals surface area contributed by atoms with Crippen molar-refractivity contribution in [1.82, 2.24) is 9.97 Å². The molecule has 0 amide bonds. The van der Waals surface area contributed by atoms with Gasteiger partial charge in [-0.3, -0.25) is 0 Å². The lowest BCUT2D eigenvalue weighted by atomic mass is 10.4. The lowest BCUT2D eigenvalue weighted by Gasteiger charge is -1.70. The van der Waals surface area contributed by atoms with Gasteiger partial charge in [-0.25, -0.2) is 9.97 Å². The Bertz CT molecular complexity index is 164. The Morgan fingerprint density at radius 3 is 2.09 bits per heavy atom. The van der Waals surface area contributed by atoms with Gasteiger partial charge < -0.3 is 0 Å². The molecule has 1 aromatic heterocycles. The van der Waals surface area contributed by atoms with Gasteiger partial charge in [-0.1, -0.05) is 6.92 Å². The summed E-state index contributed by atoms with van der Waals surface area (Å²) in [5.74, 6) is 0. The van der Waals surface area contributed by atoms with E-state index in [1.807, 2.05) is 13.0 Å². The van der Waals surface area contributed by atoms with E-state index < -0.39 is 0 Å². The first kappa shape index (κ1) is 9.57. The maximum Gasteiger partial charge on any atom is 0.115 e. The zero-order valence-electron chi connectivity index (χ0n) is 6.57. The Labute approximate surface area is 66.7 Å². The smallest absolute Gasteiger partial charge is 0.115 e. The van der Waals surface area contributed by atoms with Gasteiger partial charge in [0.1, 0.15) is 6.33 Å². The minimum atomic E-state index is 0.694. The first-order valence-electron chi connectivity index (χ1n) is 3.48. The highest BCUT2D eigenvalue weighted by Crippen LogP contribution is 1.77. The van der Waals surface area contributed by atoms with Gasteiger partial charge in [-0.15, -0.1) is 0 Å². The SMILES string of the molecule is CCCC#N.c1cncnc1. The number of nitrogens with zero attached hydrogens (tertiary/aromatic N) is 3. The maximum atomic E-state index is 7.82. The first-order valence-corrected chi connectivity index (χ1v) is 3.48. The van der Waals surface area contributed by atoms with Crippen molar-refractivity contribution in [2.45, 2.75) is 19.8 Å². The van der Waals surface area contributed by atoms with Crippen molar-refractivity contribution >= 4 is 0 Å². The average Bonchev–Trinajstić information content (AvgIpc) is 2.10. The molecule has 0 aliphatic heterocycles. The topological polar surface area (TPSA) is 49.6 Å². The van der Waals surface area contributed by atoms with Crippen molar-refractivity contribution in [2.75, 3.05) is 0 Å². The molecule has 0 N–H and O–H groups in total. The van der Waals surface area contributed by atoms with Gasteiger partial charge in [0, 0.05) is 18.8 Å². The molecule has 3 nitrogen and oxygen atoms in total. The molecule has 0 fully saturated rings. The van der Waals surface area contributed by atoms with Gasteiger partial charge >= 0.3 is 0 Å². The fraction of sp³-hybridized carbons (Fsp3) is 0.375. The zero-order chi connectivity index (χ0) is 8.36. The van der Waals surface area contributed by atoms with E-state index in [-0.39, 0.29) is 0 Å². The second-order valence-corrected chi connectivity index (χ2v) is 1.81. The molecular weight excluding hydrogens is 138 g/mol. The highest BCUT2D eigenvalue weighted by Gasteiger charge is 1.65. The first-order chi connectivity index (χ1) is 5.41. The quantitative estimate of drug-likeness (QED) is 0.611. The molecule has 0 atom stereocenters. The molecule has 1 heterocycles. The van der Waals surface area contributed by atoms with Crippen LogP contribution in [-0.4, -0.2) is 9.97 Å². The van der Waals surface area contributed by atoms with Crippen LogP contribution in [0.1, 0.15) is 19.8 Å². The van der Waals surface area contributed by atoms with Gasteiger partial charge in [0.2, 0.25) is 0 Å². The van der Waals surface area contributed by atoms with E-state index in [1.54, 1.807) is 18.5 Å². The van der Waals surface area contributed by atoms with Crippen molar-refractivity contribution in [1.29, 1.82) is 5.26 Å². The standard InChI is InChI=1S/C4H4N2.C4H7N/c1-2-5-4-6-3-1;1-2-3-4-5/h1-4H;2-3H2,1H3. The van der Waals surface area contributed by atoms with E-state index >= 15 is 0 Å². The van der Waals surface area contributed by atoms with Crippen LogP contribution < -0.4 is 0 Å². The summed E-state index contributed by atoms with van der Waals surface area (Å²) in [6, 6.07) is 3.80. The molecule has 1 aromatic rings. The summed E-state index contributed by atoms with van der Waals surface area (Å²) in [5.41, 5.74) is 0. The predicted octanol–water partition coefficient (Wildman–Crippen LogP) is 1.79. The number of unbranched alkanes of at least 4 members (excludes halogenated alkanes) is 1. The van der Waals surface area contributed by atoms with Crippen molar-refractivity contribution in [3.05, 3.63) is 24.8 Å². The minimum absolute atomic E-state index is 0.694. The Balaban J connectivity index is 0.000000187. The van der Waals surface area contributed by atoms with Crippen molar-refractivity contribution in [2.24, 2.45) is 0 Å². The van der Waals surface area contributed by atoms with Crippen LogP contribution in [0.15, 0.2) is 24.8 Å². The third-order valence-electron chi connectivity index (χ3n) is 0.839. The molecule has 0 radical (unpaired) electrons. The van der Waals surface area contributed by atoms with Crippen LogP contribution in [0.3, 0.4) is 0 Å². The highest BCUT2D eigenvalue weighted by atomic mass is 14.8. The summed E-state index contributed by atoms with van der Waals surface area (Å²) in [6.45, 7) is 1.99. The van der Waals surface area contributed by atoms with E-state index in [2.05, 4.69) is 9.97 Å². The summed E-state index contributed by atoms with van der Waals surface area (Å²) >= 11 is 0. The fourth-order valence-corrected chi connectivity index (χ4v) is 0.365. The molecule has 0 spiro atoms. The van der Waals surface area contributed by atoms with Crippen LogP contribution in [0.5, 0.6) is 0 Å². The highest BCUT2D eigenvalue weighted by molar-refractivity contribution is 4.74. The Morgan fingerprint density at radius 2 is 2.00 bits per heavy atom. The third kappa shape index (κ3) is 8.57. The van der Waals surface area contributed by atoms with Gasteiger partial charge in [-0.2, -0.15) is 5.26 Å². The molecule has 1 rings (SSSR count). The largest absolute Gasteiger partial charge is 0.245 e. The number of nitriles is 1. The molecule has 0 unspecified atom stereocenters. The predicted molar refractivity (Wildman–Crippen MR) is 42.6 cm³/mol. The lowest BCUT2D eigenvalue weighted by molar-refractivity contribution is 0.969. The van der Waals surface area contributed by atoms with Crippen LogP contribution in [0, 0.1) is 11.3 Å². The van der Waals surface area contributed by atoms with E-state index in [9.17, 15) is 0 Å². The molecule has 0 saturated heterocycles. The molecular formula is C8H11N3. The summed E-state index contributed by atoms with van der Waals surface area (Å²) < 4.78 is 0. The zero-order valence-corrected chi connectivity index (χ0v) is 6.57. The summed E-state index contributed by atoms with van der Waals surface area (Å²) in [6.07, 6.45) is 6.55. The number of aromatic nitrogens is 2. The maximum absolute atomic E-state index is 7.82. The van der Waals surface area contributed by atoms with E-state index in [0.29, 0.717) is 6.42 Å². The molecule has 0 aliphatic carbocycles. The van der Waals surface area contributed by atoms with Crippen LogP contribution in [-0.2, 0) is 0 Å². The molecule has 0 aliphatic rings. The number of hydrogen-bond acceptors (Lipinski definition) is 3. The average molecular weight is 149 g/mol. The Hall–Kier alpha value is -1.43.